The molecule has 148 valence electrons. The van der Waals surface area contributed by atoms with Gasteiger partial charge in [0.1, 0.15) is 17.3 Å². The Labute approximate surface area is 169 Å². The van der Waals surface area contributed by atoms with Gasteiger partial charge in [-0.15, -0.1) is 0 Å². The number of nitrogens with one attached hydrogen (secondary N) is 1. The fourth-order valence-corrected chi connectivity index (χ4v) is 2.96. The van der Waals surface area contributed by atoms with Crippen LogP contribution < -0.4 is 10.2 Å². The van der Waals surface area contributed by atoms with Gasteiger partial charge in [-0.05, 0) is 38.1 Å². The van der Waals surface area contributed by atoms with Crippen LogP contribution in [0.25, 0.3) is 0 Å². The zero-order valence-electron chi connectivity index (χ0n) is 16.5. The molecule has 1 heterocycles. The van der Waals surface area contributed by atoms with Gasteiger partial charge in [-0.25, -0.2) is 14.8 Å². The summed E-state index contributed by atoms with van der Waals surface area (Å²) in [5.74, 6) is 0.139. The molecule has 0 spiro atoms. The van der Waals surface area contributed by atoms with E-state index in [1.165, 1.54) is 7.11 Å². The van der Waals surface area contributed by atoms with E-state index in [1.54, 1.807) is 37.3 Å². The van der Waals surface area contributed by atoms with Crippen LogP contribution in [0.15, 0.2) is 60.7 Å². The second-order valence-electron chi connectivity index (χ2n) is 6.23. The Kier molecular flexibility index (Phi) is 6.19. The summed E-state index contributed by atoms with van der Waals surface area (Å²) in [5.41, 5.74) is 1.81. The van der Waals surface area contributed by atoms with Gasteiger partial charge >= 0.3 is 5.97 Å². The van der Waals surface area contributed by atoms with Gasteiger partial charge in [0.05, 0.1) is 18.4 Å². The SMILES string of the molecule is CCN(c1ccccc1)c1cc(C(=O)Nc2ccccc2C(=O)OC)nc(C)n1. The highest BCUT2D eigenvalue weighted by atomic mass is 16.5. The van der Waals surface area contributed by atoms with E-state index in [1.807, 2.05) is 42.2 Å². The number of nitrogens with zero attached hydrogens (tertiary/aromatic N) is 3. The Bertz CT molecular complexity index is 1020. The minimum atomic E-state index is -0.526. The van der Waals surface area contributed by atoms with Crippen LogP contribution in [-0.4, -0.2) is 35.5 Å². The number of benzene rings is 2. The number of aromatic nitrogens is 2. The number of aryl methyl sites for hydroxylation is 1. The van der Waals surface area contributed by atoms with E-state index in [-0.39, 0.29) is 11.3 Å². The summed E-state index contributed by atoms with van der Waals surface area (Å²) in [6.07, 6.45) is 0. The first-order valence-electron chi connectivity index (χ1n) is 9.20. The monoisotopic (exact) mass is 390 g/mol. The number of carbonyl (C=O) groups excluding carboxylic acids is 2. The number of esters is 1. The highest BCUT2D eigenvalue weighted by Crippen LogP contribution is 2.24. The molecule has 0 bridgehead atoms. The van der Waals surface area contributed by atoms with Crippen molar-refractivity contribution in [2.75, 3.05) is 23.9 Å². The molecule has 0 aliphatic carbocycles. The number of hydrogen-bond acceptors (Lipinski definition) is 6. The molecule has 0 aliphatic heterocycles. The smallest absolute Gasteiger partial charge is 0.339 e. The van der Waals surface area contributed by atoms with Gasteiger partial charge in [0.25, 0.3) is 5.91 Å². The van der Waals surface area contributed by atoms with Crippen LogP contribution in [0, 0.1) is 6.92 Å². The molecule has 7 nitrogen and oxygen atoms in total. The number of ether oxygens (including phenoxy) is 1. The highest BCUT2D eigenvalue weighted by molar-refractivity contribution is 6.07. The maximum absolute atomic E-state index is 12.9. The largest absolute Gasteiger partial charge is 0.465 e. The number of anilines is 3. The molecule has 0 aliphatic rings. The van der Waals surface area contributed by atoms with Crippen molar-refractivity contribution in [1.29, 1.82) is 0 Å². The Morgan fingerprint density at radius 2 is 1.72 bits per heavy atom. The molecule has 2 aromatic carbocycles. The third-order valence-electron chi connectivity index (χ3n) is 4.30. The van der Waals surface area contributed by atoms with Crippen LogP contribution in [-0.2, 0) is 4.74 Å². The van der Waals surface area contributed by atoms with E-state index in [9.17, 15) is 9.59 Å². The van der Waals surface area contributed by atoms with Gasteiger partial charge in [0.15, 0.2) is 0 Å². The lowest BCUT2D eigenvalue weighted by molar-refractivity contribution is 0.0602. The normalized spacial score (nSPS) is 10.3. The molecule has 1 N–H and O–H groups in total. The summed E-state index contributed by atoms with van der Waals surface area (Å²) in [5, 5.41) is 2.74. The van der Waals surface area contributed by atoms with E-state index in [4.69, 9.17) is 4.74 Å². The molecule has 0 saturated carbocycles. The summed E-state index contributed by atoms with van der Waals surface area (Å²) in [4.78, 5) is 35.6. The molecule has 0 unspecified atom stereocenters. The van der Waals surface area contributed by atoms with Gasteiger partial charge in [-0.2, -0.15) is 0 Å². The molecule has 0 fully saturated rings. The van der Waals surface area contributed by atoms with Crippen LogP contribution in [0.1, 0.15) is 33.6 Å². The van der Waals surface area contributed by atoms with Crippen molar-refractivity contribution in [2.24, 2.45) is 0 Å². The predicted octanol–water partition coefficient (Wildman–Crippen LogP) is 3.98. The Morgan fingerprint density at radius 3 is 2.41 bits per heavy atom. The average molecular weight is 390 g/mol. The number of rotatable bonds is 6. The van der Waals surface area contributed by atoms with Crippen molar-refractivity contribution in [3.63, 3.8) is 0 Å². The van der Waals surface area contributed by atoms with Crippen molar-refractivity contribution >= 4 is 29.1 Å². The van der Waals surface area contributed by atoms with Gasteiger partial charge in [0.2, 0.25) is 0 Å². The van der Waals surface area contributed by atoms with Crippen molar-refractivity contribution < 1.29 is 14.3 Å². The van der Waals surface area contributed by atoms with Gasteiger partial charge in [-0.3, -0.25) is 4.79 Å². The number of hydrogen-bond donors (Lipinski definition) is 1. The first-order chi connectivity index (χ1) is 14.0. The molecular formula is C22H22N4O3. The third-order valence-corrected chi connectivity index (χ3v) is 4.30. The molecule has 3 aromatic rings. The Hall–Kier alpha value is -3.74. The van der Waals surface area contributed by atoms with E-state index < -0.39 is 11.9 Å². The maximum Gasteiger partial charge on any atom is 0.339 e. The summed E-state index contributed by atoms with van der Waals surface area (Å²) in [6, 6.07) is 18.1. The molecule has 0 saturated heterocycles. The number of para-hydroxylation sites is 2. The molecule has 3 rings (SSSR count). The first kappa shape index (κ1) is 20.0. The molecule has 29 heavy (non-hydrogen) atoms. The Morgan fingerprint density at radius 1 is 1.03 bits per heavy atom. The zero-order chi connectivity index (χ0) is 20.8. The fourth-order valence-electron chi connectivity index (χ4n) is 2.96. The summed E-state index contributed by atoms with van der Waals surface area (Å²) >= 11 is 0. The molecule has 1 amide bonds. The van der Waals surface area contributed by atoms with Crippen LogP contribution in [0.3, 0.4) is 0 Å². The number of carbonyl (C=O) groups is 2. The minimum Gasteiger partial charge on any atom is -0.465 e. The zero-order valence-corrected chi connectivity index (χ0v) is 16.5. The standard InChI is InChI=1S/C22H22N4O3/c1-4-26(16-10-6-5-7-11-16)20-14-19(23-15(2)24-20)21(27)25-18-13-9-8-12-17(18)22(28)29-3/h5-14H,4H2,1-3H3,(H,25,27). The minimum absolute atomic E-state index is 0.210. The fraction of sp³-hybridized carbons (Fsp3) is 0.182. The third kappa shape index (κ3) is 4.57. The molecule has 0 radical (unpaired) electrons. The van der Waals surface area contributed by atoms with Gasteiger partial charge < -0.3 is 15.0 Å². The quantitative estimate of drug-likeness (QED) is 0.641. The predicted molar refractivity (Wildman–Crippen MR) is 112 cm³/mol. The molecule has 1 aromatic heterocycles. The van der Waals surface area contributed by atoms with Crippen LogP contribution in [0.2, 0.25) is 0 Å². The van der Waals surface area contributed by atoms with E-state index >= 15 is 0 Å². The van der Waals surface area contributed by atoms with Crippen molar-refractivity contribution in [2.45, 2.75) is 13.8 Å². The van der Waals surface area contributed by atoms with E-state index in [0.29, 0.717) is 23.9 Å². The second kappa shape index (κ2) is 8.97. The average Bonchev–Trinajstić information content (AvgIpc) is 2.74. The van der Waals surface area contributed by atoms with E-state index in [0.717, 1.165) is 5.69 Å². The van der Waals surface area contributed by atoms with Crippen LogP contribution in [0.4, 0.5) is 17.2 Å². The van der Waals surface area contributed by atoms with Crippen molar-refractivity contribution in [1.82, 2.24) is 9.97 Å². The van der Waals surface area contributed by atoms with Crippen molar-refractivity contribution in [3.8, 4) is 0 Å². The van der Waals surface area contributed by atoms with Gasteiger partial charge in [-0.1, -0.05) is 30.3 Å². The Balaban J connectivity index is 1.92. The molecular weight excluding hydrogens is 368 g/mol. The van der Waals surface area contributed by atoms with E-state index in [2.05, 4.69) is 15.3 Å². The summed E-state index contributed by atoms with van der Waals surface area (Å²) in [6.45, 7) is 4.42. The van der Waals surface area contributed by atoms with Crippen LogP contribution >= 0.6 is 0 Å². The summed E-state index contributed by atoms with van der Waals surface area (Å²) in [7, 11) is 1.30. The van der Waals surface area contributed by atoms with Crippen molar-refractivity contribution in [3.05, 3.63) is 77.7 Å². The molecule has 0 atom stereocenters. The highest BCUT2D eigenvalue weighted by Gasteiger charge is 2.18. The van der Waals surface area contributed by atoms with Gasteiger partial charge in [0, 0.05) is 18.3 Å². The maximum atomic E-state index is 12.9. The lowest BCUT2D eigenvalue weighted by Crippen LogP contribution is -2.21. The number of amides is 1. The summed E-state index contributed by atoms with van der Waals surface area (Å²) < 4.78 is 4.77. The topological polar surface area (TPSA) is 84.4 Å². The second-order valence-corrected chi connectivity index (χ2v) is 6.23. The lowest BCUT2D eigenvalue weighted by Gasteiger charge is -2.22. The molecule has 7 heteroatoms. The lowest BCUT2D eigenvalue weighted by atomic mass is 10.1. The first-order valence-corrected chi connectivity index (χ1v) is 9.20. The van der Waals surface area contributed by atoms with Crippen LogP contribution in [0.5, 0.6) is 0 Å². The number of methoxy groups -OCH3 is 1.